The van der Waals surface area contributed by atoms with Gasteiger partial charge in [0, 0.05) is 18.7 Å². The van der Waals surface area contributed by atoms with Gasteiger partial charge in [-0.1, -0.05) is 48.5 Å². The van der Waals surface area contributed by atoms with Gasteiger partial charge in [0.25, 0.3) is 6.43 Å². The molecule has 0 bridgehead atoms. The Hall–Kier alpha value is -1.83. The molecule has 0 N–H and O–H groups in total. The van der Waals surface area contributed by atoms with Crippen molar-refractivity contribution in [1.82, 2.24) is 4.31 Å². The molecule has 3 rings (SSSR count). The molecule has 1 aliphatic rings. The zero-order valence-corrected chi connectivity index (χ0v) is 13.6. The van der Waals surface area contributed by atoms with Crippen LogP contribution in [0.15, 0.2) is 59.5 Å². The van der Waals surface area contributed by atoms with Crippen molar-refractivity contribution >= 4 is 10.0 Å². The van der Waals surface area contributed by atoms with E-state index < -0.39 is 29.2 Å². The second-order valence-electron chi connectivity index (χ2n) is 5.53. The Bertz CT molecular complexity index is 790. The number of sulfonamides is 1. The lowest BCUT2D eigenvalue weighted by atomic mass is 10.1. The summed E-state index contributed by atoms with van der Waals surface area (Å²) in [7, 11) is -3.69. The second kappa shape index (κ2) is 6.96. The molecule has 2 aromatic carbocycles. The molecular weight excluding hydrogens is 336 g/mol. The zero-order valence-electron chi connectivity index (χ0n) is 12.8. The van der Waals surface area contributed by atoms with Crippen LogP contribution in [0.4, 0.5) is 8.78 Å². The van der Waals surface area contributed by atoms with Gasteiger partial charge in [-0.05, 0) is 11.6 Å². The monoisotopic (exact) mass is 353 g/mol. The molecule has 0 amide bonds. The van der Waals surface area contributed by atoms with E-state index in [9.17, 15) is 17.2 Å². The minimum atomic E-state index is -3.69. The molecule has 1 saturated heterocycles. The van der Waals surface area contributed by atoms with Crippen LogP contribution in [0.2, 0.25) is 0 Å². The third-order valence-corrected chi connectivity index (χ3v) is 5.75. The minimum absolute atomic E-state index is 0.0954. The molecule has 2 aromatic rings. The summed E-state index contributed by atoms with van der Waals surface area (Å²) < 4.78 is 56.1. The van der Waals surface area contributed by atoms with Crippen molar-refractivity contribution in [3.05, 3.63) is 54.6 Å². The van der Waals surface area contributed by atoms with Crippen LogP contribution in [0, 0.1) is 0 Å². The summed E-state index contributed by atoms with van der Waals surface area (Å²) in [6.45, 7) is -0.477. The van der Waals surface area contributed by atoms with Gasteiger partial charge in [-0.25, -0.2) is 17.2 Å². The van der Waals surface area contributed by atoms with Gasteiger partial charge in [-0.2, -0.15) is 4.31 Å². The number of hydrogen-bond acceptors (Lipinski definition) is 3. The third kappa shape index (κ3) is 3.48. The van der Waals surface area contributed by atoms with E-state index in [1.54, 1.807) is 24.3 Å². The summed E-state index contributed by atoms with van der Waals surface area (Å²) in [5.41, 5.74) is 1.43. The Balaban J connectivity index is 1.80. The molecule has 0 saturated carbocycles. The Morgan fingerprint density at radius 1 is 1.04 bits per heavy atom. The van der Waals surface area contributed by atoms with E-state index in [0.29, 0.717) is 5.56 Å². The first kappa shape index (κ1) is 17.0. The quantitative estimate of drug-likeness (QED) is 0.802. The van der Waals surface area contributed by atoms with Crippen molar-refractivity contribution in [3.8, 4) is 11.1 Å². The smallest absolute Gasteiger partial charge is 0.261 e. The van der Waals surface area contributed by atoms with Crippen LogP contribution >= 0.6 is 0 Å². The highest BCUT2D eigenvalue weighted by Crippen LogP contribution is 2.31. The first-order chi connectivity index (χ1) is 11.5. The molecule has 24 heavy (non-hydrogen) atoms. The van der Waals surface area contributed by atoms with E-state index >= 15 is 0 Å². The topological polar surface area (TPSA) is 46.6 Å². The van der Waals surface area contributed by atoms with Gasteiger partial charge in [-0.3, -0.25) is 0 Å². The van der Waals surface area contributed by atoms with E-state index in [-0.39, 0.29) is 18.0 Å². The standard InChI is InChI=1S/C17H17F2NO3S/c18-17(19)12-23-14-10-20(11-14)24(21,22)16-9-5-4-8-15(16)13-6-2-1-3-7-13/h1-9,14,17H,10-12H2. The van der Waals surface area contributed by atoms with Gasteiger partial charge in [0.1, 0.15) is 6.61 Å². The number of nitrogens with zero attached hydrogens (tertiary/aromatic N) is 1. The fourth-order valence-electron chi connectivity index (χ4n) is 2.60. The van der Waals surface area contributed by atoms with Crippen LogP contribution in [0.25, 0.3) is 11.1 Å². The van der Waals surface area contributed by atoms with Crippen molar-refractivity contribution in [2.75, 3.05) is 19.7 Å². The normalized spacial score (nSPS) is 16.3. The molecule has 1 fully saturated rings. The number of rotatable bonds is 6. The van der Waals surface area contributed by atoms with Gasteiger partial charge in [0.2, 0.25) is 10.0 Å². The maximum absolute atomic E-state index is 12.8. The first-order valence-electron chi connectivity index (χ1n) is 7.53. The number of benzene rings is 2. The van der Waals surface area contributed by atoms with Crippen molar-refractivity contribution < 1.29 is 21.9 Å². The number of ether oxygens (including phenoxy) is 1. The van der Waals surface area contributed by atoms with Gasteiger partial charge in [0.15, 0.2) is 0 Å². The average molecular weight is 353 g/mol. The molecule has 0 aliphatic carbocycles. The summed E-state index contributed by atoms with van der Waals surface area (Å²) in [5, 5.41) is 0. The molecule has 0 aromatic heterocycles. The molecule has 0 spiro atoms. The molecule has 0 unspecified atom stereocenters. The summed E-state index contributed by atoms with van der Waals surface area (Å²) >= 11 is 0. The molecule has 128 valence electrons. The predicted molar refractivity (Wildman–Crippen MR) is 86.4 cm³/mol. The molecule has 1 heterocycles. The van der Waals surface area contributed by atoms with E-state index in [4.69, 9.17) is 4.74 Å². The van der Waals surface area contributed by atoms with Gasteiger partial charge in [0.05, 0.1) is 11.0 Å². The van der Waals surface area contributed by atoms with Crippen LogP contribution in [0.5, 0.6) is 0 Å². The Morgan fingerprint density at radius 2 is 1.67 bits per heavy atom. The summed E-state index contributed by atoms with van der Waals surface area (Å²) in [5.74, 6) is 0. The van der Waals surface area contributed by atoms with Crippen molar-refractivity contribution in [2.45, 2.75) is 17.4 Å². The number of halogens is 2. The first-order valence-corrected chi connectivity index (χ1v) is 8.97. The maximum Gasteiger partial charge on any atom is 0.261 e. The molecule has 1 aliphatic heterocycles. The minimum Gasteiger partial charge on any atom is -0.370 e. The van der Waals surface area contributed by atoms with Crippen molar-refractivity contribution in [3.63, 3.8) is 0 Å². The Kier molecular flexibility index (Phi) is 4.93. The van der Waals surface area contributed by atoms with E-state index in [1.807, 2.05) is 30.3 Å². The van der Waals surface area contributed by atoms with E-state index in [2.05, 4.69) is 0 Å². The van der Waals surface area contributed by atoms with Gasteiger partial charge in [-0.15, -0.1) is 0 Å². The second-order valence-corrected chi connectivity index (χ2v) is 7.44. The highest BCUT2D eigenvalue weighted by atomic mass is 32.2. The van der Waals surface area contributed by atoms with Crippen LogP contribution < -0.4 is 0 Å². The Morgan fingerprint density at radius 3 is 2.33 bits per heavy atom. The van der Waals surface area contributed by atoms with Gasteiger partial charge >= 0.3 is 0 Å². The highest BCUT2D eigenvalue weighted by Gasteiger charge is 2.38. The predicted octanol–water partition coefficient (Wildman–Crippen LogP) is 3.01. The summed E-state index contributed by atoms with van der Waals surface area (Å²) in [4.78, 5) is 0.212. The number of hydrogen-bond donors (Lipinski definition) is 0. The SMILES string of the molecule is O=S(=O)(c1ccccc1-c1ccccc1)N1CC(OCC(F)F)C1. The number of alkyl halides is 2. The zero-order chi connectivity index (χ0) is 17.2. The molecule has 7 heteroatoms. The fourth-order valence-corrected chi connectivity index (χ4v) is 4.32. The van der Waals surface area contributed by atoms with Crippen LogP contribution in [-0.4, -0.2) is 44.9 Å². The lowest BCUT2D eigenvalue weighted by Gasteiger charge is -2.38. The van der Waals surface area contributed by atoms with Crippen molar-refractivity contribution in [1.29, 1.82) is 0 Å². The lowest BCUT2D eigenvalue weighted by molar-refractivity contribution is -0.0653. The van der Waals surface area contributed by atoms with Gasteiger partial charge < -0.3 is 4.74 Å². The van der Waals surface area contributed by atoms with Crippen LogP contribution in [-0.2, 0) is 14.8 Å². The molecular formula is C17H17F2NO3S. The van der Waals surface area contributed by atoms with Crippen LogP contribution in [0.3, 0.4) is 0 Å². The molecule has 0 atom stereocenters. The lowest BCUT2D eigenvalue weighted by Crippen LogP contribution is -2.54. The average Bonchev–Trinajstić information content (AvgIpc) is 2.54. The molecule has 0 radical (unpaired) electrons. The molecule has 4 nitrogen and oxygen atoms in total. The fraction of sp³-hybridized carbons (Fsp3) is 0.294. The van der Waals surface area contributed by atoms with Crippen molar-refractivity contribution in [2.24, 2.45) is 0 Å². The van der Waals surface area contributed by atoms with E-state index in [1.165, 1.54) is 4.31 Å². The van der Waals surface area contributed by atoms with E-state index in [0.717, 1.165) is 5.56 Å². The highest BCUT2D eigenvalue weighted by molar-refractivity contribution is 7.89. The summed E-state index contributed by atoms with van der Waals surface area (Å²) in [6, 6.07) is 16.0. The summed E-state index contributed by atoms with van der Waals surface area (Å²) in [6.07, 6.45) is -3.02. The largest absolute Gasteiger partial charge is 0.370 e. The van der Waals surface area contributed by atoms with Crippen LogP contribution in [0.1, 0.15) is 0 Å². The Labute approximate surface area is 139 Å². The maximum atomic E-state index is 12.8. The third-order valence-electron chi connectivity index (χ3n) is 3.86.